The monoisotopic (exact) mass is 321 g/mol. The molecule has 108 valence electrons. The summed E-state index contributed by atoms with van der Waals surface area (Å²) >= 11 is 2.65. The fraction of sp³-hybridized carbons (Fsp3) is 0.182. The summed E-state index contributed by atoms with van der Waals surface area (Å²) in [4.78, 5) is 16.2. The Bertz CT molecular complexity index is 797. The minimum Gasteiger partial charge on any atom is -0.399 e. The highest BCUT2D eigenvalue weighted by Gasteiger charge is 2.10. The van der Waals surface area contributed by atoms with Crippen LogP contribution in [-0.2, 0) is 11.8 Å². The van der Waals surface area contributed by atoms with Crippen LogP contribution in [0.2, 0.25) is 0 Å². The number of fused-ring (bicyclic) bond motifs is 1. The van der Waals surface area contributed by atoms with Crippen molar-refractivity contribution in [3.8, 4) is 0 Å². The number of nitrogens with one attached hydrogen (secondary N) is 1. The summed E-state index contributed by atoms with van der Waals surface area (Å²) in [6, 6.07) is 5.45. The molecule has 0 spiro atoms. The van der Waals surface area contributed by atoms with Gasteiger partial charge in [0.1, 0.15) is 0 Å². The summed E-state index contributed by atoms with van der Waals surface area (Å²) in [5, 5.41) is 14.9. The highest BCUT2D eigenvalue weighted by atomic mass is 32.2. The summed E-state index contributed by atoms with van der Waals surface area (Å²) in [7, 11) is 1.72. The summed E-state index contributed by atoms with van der Waals surface area (Å²) in [6.07, 6.45) is 0. The fourth-order valence-electron chi connectivity index (χ4n) is 1.62. The molecular weight excluding hydrogens is 310 g/mol. The van der Waals surface area contributed by atoms with E-state index in [-0.39, 0.29) is 11.7 Å². The average Bonchev–Trinajstić information content (AvgIpc) is 3.01. The molecule has 0 unspecified atom stereocenters. The number of hydrogen-bond donors (Lipinski definition) is 2. The number of aryl methyl sites for hydroxylation is 1. The number of nitrogen functional groups attached to an aromatic ring is 1. The van der Waals surface area contributed by atoms with E-state index < -0.39 is 0 Å². The molecule has 1 aromatic carbocycles. The molecule has 0 radical (unpaired) electrons. The molecule has 3 N–H and O–H groups in total. The second-order valence-corrected chi connectivity index (χ2v) is 6.14. The number of hydrogen-bond acceptors (Lipinski definition) is 8. The van der Waals surface area contributed by atoms with Gasteiger partial charge in [-0.1, -0.05) is 23.1 Å². The molecule has 2 aromatic heterocycles. The molecule has 0 aliphatic rings. The van der Waals surface area contributed by atoms with E-state index in [1.165, 1.54) is 27.8 Å². The smallest absolute Gasteiger partial charge is 0.236 e. The number of thiazole rings is 1. The van der Waals surface area contributed by atoms with Gasteiger partial charge in [0.25, 0.3) is 0 Å². The SMILES string of the molecule is Cn1nnnc1SCC(=O)Nc1nc2ccc(N)cc2s1. The first-order valence-corrected chi connectivity index (χ1v) is 7.73. The number of nitrogens with zero attached hydrogens (tertiary/aromatic N) is 5. The molecule has 0 bridgehead atoms. The molecule has 1 amide bonds. The van der Waals surface area contributed by atoms with Crippen molar-refractivity contribution >= 4 is 50.0 Å². The summed E-state index contributed by atoms with van der Waals surface area (Å²) < 4.78 is 2.45. The van der Waals surface area contributed by atoms with Crippen molar-refractivity contribution in [2.75, 3.05) is 16.8 Å². The van der Waals surface area contributed by atoms with Crippen molar-refractivity contribution in [3.63, 3.8) is 0 Å². The molecule has 10 heteroatoms. The van der Waals surface area contributed by atoms with Crippen LogP contribution in [0.15, 0.2) is 23.4 Å². The predicted molar refractivity (Wildman–Crippen MR) is 82.2 cm³/mol. The van der Waals surface area contributed by atoms with Crippen LogP contribution < -0.4 is 11.1 Å². The third kappa shape index (κ3) is 3.11. The summed E-state index contributed by atoms with van der Waals surface area (Å²) in [5.41, 5.74) is 7.21. The molecule has 21 heavy (non-hydrogen) atoms. The number of anilines is 2. The van der Waals surface area contributed by atoms with Crippen LogP contribution in [0, 0.1) is 0 Å². The van der Waals surface area contributed by atoms with Crippen LogP contribution in [0.4, 0.5) is 10.8 Å². The first-order chi connectivity index (χ1) is 10.1. The van der Waals surface area contributed by atoms with Gasteiger partial charge in [0, 0.05) is 12.7 Å². The Morgan fingerprint density at radius 2 is 2.38 bits per heavy atom. The summed E-state index contributed by atoms with van der Waals surface area (Å²) in [5.74, 6) is 0.0572. The van der Waals surface area contributed by atoms with E-state index in [1.807, 2.05) is 12.1 Å². The number of carbonyl (C=O) groups is 1. The number of tetrazole rings is 1. The molecule has 0 aliphatic heterocycles. The number of nitrogens with two attached hydrogens (primary N) is 1. The van der Waals surface area contributed by atoms with Crippen LogP contribution in [0.25, 0.3) is 10.2 Å². The van der Waals surface area contributed by atoms with Crippen LogP contribution >= 0.6 is 23.1 Å². The van der Waals surface area contributed by atoms with Gasteiger partial charge in [-0.15, -0.1) is 5.10 Å². The maximum Gasteiger partial charge on any atom is 0.236 e. The van der Waals surface area contributed by atoms with E-state index in [4.69, 9.17) is 5.73 Å². The lowest BCUT2D eigenvalue weighted by molar-refractivity contribution is -0.113. The average molecular weight is 321 g/mol. The van der Waals surface area contributed by atoms with Crippen molar-refractivity contribution in [1.29, 1.82) is 0 Å². The zero-order valence-corrected chi connectivity index (χ0v) is 12.6. The number of thioether (sulfide) groups is 1. The van der Waals surface area contributed by atoms with Gasteiger partial charge in [0.05, 0.1) is 16.0 Å². The molecule has 0 aliphatic carbocycles. The molecule has 0 saturated carbocycles. The third-order valence-corrected chi connectivity index (χ3v) is 4.52. The molecule has 2 heterocycles. The lowest BCUT2D eigenvalue weighted by Crippen LogP contribution is -2.14. The van der Waals surface area contributed by atoms with Gasteiger partial charge >= 0.3 is 0 Å². The van der Waals surface area contributed by atoms with Crippen LogP contribution in [0.3, 0.4) is 0 Å². The maximum atomic E-state index is 11.9. The largest absolute Gasteiger partial charge is 0.399 e. The van der Waals surface area contributed by atoms with Crippen molar-refractivity contribution in [2.24, 2.45) is 7.05 Å². The number of amides is 1. The predicted octanol–water partition coefficient (Wildman–Crippen LogP) is 1.13. The molecule has 8 nitrogen and oxygen atoms in total. The van der Waals surface area contributed by atoms with Crippen molar-refractivity contribution in [3.05, 3.63) is 18.2 Å². The molecule has 0 saturated heterocycles. The minimum atomic E-state index is -0.157. The second kappa shape index (κ2) is 5.66. The molecule has 3 aromatic rings. The molecular formula is C11H11N7OS2. The number of rotatable bonds is 4. The number of benzene rings is 1. The Morgan fingerprint density at radius 3 is 3.14 bits per heavy atom. The Kier molecular flexibility index (Phi) is 3.71. The van der Waals surface area contributed by atoms with Crippen molar-refractivity contribution in [2.45, 2.75) is 5.16 Å². The second-order valence-electron chi connectivity index (χ2n) is 4.17. The van der Waals surface area contributed by atoms with E-state index in [1.54, 1.807) is 13.1 Å². The van der Waals surface area contributed by atoms with E-state index in [9.17, 15) is 4.79 Å². The van der Waals surface area contributed by atoms with Crippen LogP contribution in [0.1, 0.15) is 0 Å². The number of aromatic nitrogens is 5. The Hall–Kier alpha value is -2.20. The van der Waals surface area contributed by atoms with Gasteiger partial charge in [-0.3, -0.25) is 4.79 Å². The maximum absolute atomic E-state index is 11.9. The van der Waals surface area contributed by atoms with Gasteiger partial charge in [0.2, 0.25) is 11.1 Å². The van der Waals surface area contributed by atoms with Gasteiger partial charge in [0.15, 0.2) is 5.13 Å². The van der Waals surface area contributed by atoms with Gasteiger partial charge in [-0.05, 0) is 28.6 Å². The Morgan fingerprint density at radius 1 is 1.52 bits per heavy atom. The van der Waals surface area contributed by atoms with E-state index in [0.29, 0.717) is 16.0 Å². The quantitative estimate of drug-likeness (QED) is 0.547. The fourth-order valence-corrected chi connectivity index (χ4v) is 3.20. The summed E-state index contributed by atoms with van der Waals surface area (Å²) in [6.45, 7) is 0. The first-order valence-electron chi connectivity index (χ1n) is 5.93. The van der Waals surface area contributed by atoms with Crippen molar-refractivity contribution in [1.82, 2.24) is 25.2 Å². The van der Waals surface area contributed by atoms with E-state index >= 15 is 0 Å². The van der Waals surface area contributed by atoms with Gasteiger partial charge < -0.3 is 11.1 Å². The lowest BCUT2D eigenvalue weighted by atomic mass is 10.3. The number of carbonyl (C=O) groups excluding carboxylic acids is 1. The first kappa shape index (κ1) is 13.8. The third-order valence-electron chi connectivity index (χ3n) is 2.57. The Labute approximate surface area is 127 Å². The Balaban J connectivity index is 1.64. The highest BCUT2D eigenvalue weighted by Crippen LogP contribution is 2.27. The molecule has 0 fully saturated rings. The van der Waals surface area contributed by atoms with Crippen LogP contribution in [-0.4, -0.2) is 36.9 Å². The molecule has 0 atom stereocenters. The van der Waals surface area contributed by atoms with Gasteiger partial charge in [-0.25, -0.2) is 9.67 Å². The van der Waals surface area contributed by atoms with E-state index in [0.717, 1.165) is 10.2 Å². The lowest BCUT2D eigenvalue weighted by Gasteiger charge is -2.00. The normalized spacial score (nSPS) is 10.9. The standard InChI is InChI=1S/C11H11N7OS2/c1-18-11(15-16-17-18)20-5-9(19)14-10-13-7-3-2-6(12)4-8(7)21-10/h2-4H,5,12H2,1H3,(H,13,14,19). The molecule has 3 rings (SSSR count). The zero-order chi connectivity index (χ0) is 14.8. The van der Waals surface area contributed by atoms with Crippen molar-refractivity contribution < 1.29 is 4.79 Å². The van der Waals surface area contributed by atoms with Crippen LogP contribution in [0.5, 0.6) is 0 Å². The minimum absolute atomic E-state index is 0.157. The topological polar surface area (TPSA) is 112 Å². The van der Waals surface area contributed by atoms with Gasteiger partial charge in [-0.2, -0.15) is 0 Å². The highest BCUT2D eigenvalue weighted by molar-refractivity contribution is 7.99. The zero-order valence-electron chi connectivity index (χ0n) is 11.0. The van der Waals surface area contributed by atoms with E-state index in [2.05, 4.69) is 25.8 Å².